The number of hydrogen-bond acceptors (Lipinski definition) is 11. The molecular formula is C18H26O11Pd-4. The molecule has 0 N–H and O–H groups in total. The van der Waals surface area contributed by atoms with Crippen LogP contribution in [0.25, 0.3) is 0 Å². The zero-order valence-corrected chi connectivity index (χ0v) is 19.1. The van der Waals surface area contributed by atoms with E-state index in [9.17, 15) is 0 Å². The van der Waals surface area contributed by atoms with Crippen LogP contribution in [0.15, 0.2) is 12.1 Å². The van der Waals surface area contributed by atoms with Gasteiger partial charge in [0.05, 0.1) is 25.2 Å². The van der Waals surface area contributed by atoms with Crippen molar-refractivity contribution in [2.24, 2.45) is 0 Å². The maximum absolute atomic E-state index is 8.89. The number of aliphatic carboxylic acids is 3. The van der Waals surface area contributed by atoms with Gasteiger partial charge < -0.3 is 53.4 Å². The normalized spacial score (nSPS) is 8.33. The van der Waals surface area contributed by atoms with E-state index in [4.69, 9.17) is 53.4 Å². The SMILES string of the molecule is CC(=O)[O-].CC(=O)[O-].CC(=O)[O-].COCOCc1[c-]cc(OCOC)c(OC)c1.[Pd]. The second kappa shape index (κ2) is 24.8. The molecule has 12 heteroatoms. The molecule has 11 nitrogen and oxygen atoms in total. The van der Waals surface area contributed by atoms with Gasteiger partial charge in [-0.1, -0.05) is 0 Å². The second-order valence-corrected chi connectivity index (χ2v) is 4.67. The van der Waals surface area contributed by atoms with Crippen molar-refractivity contribution in [3.63, 3.8) is 0 Å². The zero-order valence-electron chi connectivity index (χ0n) is 17.6. The van der Waals surface area contributed by atoms with Crippen molar-refractivity contribution in [1.82, 2.24) is 0 Å². The number of carbonyl (C=O) groups is 3. The first-order valence-electron chi connectivity index (χ1n) is 7.81. The van der Waals surface area contributed by atoms with Gasteiger partial charge in [0, 0.05) is 52.6 Å². The van der Waals surface area contributed by atoms with Gasteiger partial charge in [-0.3, -0.25) is 0 Å². The molecule has 0 aliphatic heterocycles. The summed E-state index contributed by atoms with van der Waals surface area (Å²) in [5.41, 5.74) is 0.865. The van der Waals surface area contributed by atoms with Gasteiger partial charge >= 0.3 is 0 Å². The van der Waals surface area contributed by atoms with E-state index in [1.807, 2.05) is 0 Å². The van der Waals surface area contributed by atoms with Gasteiger partial charge in [0.25, 0.3) is 0 Å². The summed E-state index contributed by atoms with van der Waals surface area (Å²) >= 11 is 0. The third-order valence-electron chi connectivity index (χ3n) is 1.95. The molecule has 0 saturated heterocycles. The summed E-state index contributed by atoms with van der Waals surface area (Å²) in [5, 5.41) is 26.7. The molecule has 0 radical (unpaired) electrons. The molecule has 0 amide bonds. The molecule has 0 bridgehead atoms. The molecule has 0 unspecified atom stereocenters. The van der Waals surface area contributed by atoms with Crippen LogP contribution < -0.4 is 24.8 Å². The van der Waals surface area contributed by atoms with Crippen LogP contribution in [0.3, 0.4) is 0 Å². The molecule has 0 aliphatic carbocycles. The Balaban J connectivity index is -0.000000215. The van der Waals surface area contributed by atoms with Gasteiger partial charge in [-0.2, -0.15) is 6.07 Å². The number of carbonyl (C=O) groups excluding carboxylic acids is 3. The van der Waals surface area contributed by atoms with E-state index in [1.165, 1.54) is 0 Å². The Morgan fingerprint density at radius 3 is 1.67 bits per heavy atom. The van der Waals surface area contributed by atoms with E-state index >= 15 is 0 Å². The number of rotatable bonds is 8. The standard InChI is InChI=1S/C12H17O5.3C2H4O2.Pd/c1-13-8-16-7-10-4-5-11(17-9-14-2)12(6-10)15-3;3*1-2(3)4;/h5-6H,7-9H2,1-3H3;3*1H3,(H,3,4);/q-1;;;;/p-3. The van der Waals surface area contributed by atoms with E-state index in [0.717, 1.165) is 26.3 Å². The maximum atomic E-state index is 8.89. The number of carboxylic acids is 3. The second-order valence-electron chi connectivity index (χ2n) is 4.67. The van der Waals surface area contributed by atoms with Gasteiger partial charge in [0.2, 0.25) is 0 Å². The van der Waals surface area contributed by atoms with Crippen molar-refractivity contribution in [1.29, 1.82) is 0 Å². The smallest absolute Gasteiger partial charge is 0.174 e. The van der Waals surface area contributed by atoms with Crippen molar-refractivity contribution in [2.75, 3.05) is 34.9 Å². The van der Waals surface area contributed by atoms with E-state index in [2.05, 4.69) is 6.07 Å². The van der Waals surface area contributed by atoms with Gasteiger partial charge in [0.15, 0.2) is 6.79 Å². The topological polar surface area (TPSA) is 167 Å². The molecule has 0 spiro atoms. The summed E-state index contributed by atoms with van der Waals surface area (Å²) in [5.74, 6) is -2.04. The molecule has 178 valence electrons. The van der Waals surface area contributed by atoms with Crippen LogP contribution in [0.2, 0.25) is 0 Å². The van der Waals surface area contributed by atoms with Crippen LogP contribution in [0, 0.1) is 6.07 Å². The average Bonchev–Trinajstić information content (AvgIpc) is 2.59. The van der Waals surface area contributed by atoms with Crippen molar-refractivity contribution in [3.05, 3.63) is 23.8 Å². The fourth-order valence-corrected chi connectivity index (χ4v) is 1.21. The quantitative estimate of drug-likeness (QED) is 0.158. The summed E-state index contributed by atoms with van der Waals surface area (Å²) in [7, 11) is 4.71. The minimum atomic E-state index is -1.08. The van der Waals surface area contributed by atoms with E-state index in [0.29, 0.717) is 18.1 Å². The predicted octanol–water partition coefficient (Wildman–Crippen LogP) is -2.14. The molecule has 0 aromatic heterocycles. The van der Waals surface area contributed by atoms with Crippen molar-refractivity contribution < 1.29 is 73.8 Å². The molecule has 1 rings (SSSR count). The van der Waals surface area contributed by atoms with Crippen LogP contribution in [-0.4, -0.2) is 52.8 Å². The molecule has 0 atom stereocenters. The van der Waals surface area contributed by atoms with Crippen LogP contribution in [0.1, 0.15) is 26.3 Å². The van der Waals surface area contributed by atoms with E-state index in [1.54, 1.807) is 33.5 Å². The average molecular weight is 525 g/mol. The molecule has 0 heterocycles. The summed E-state index contributed by atoms with van der Waals surface area (Å²) in [6.45, 7) is 3.75. The van der Waals surface area contributed by atoms with E-state index in [-0.39, 0.29) is 34.0 Å². The van der Waals surface area contributed by atoms with Crippen molar-refractivity contribution >= 4 is 17.9 Å². The van der Waals surface area contributed by atoms with E-state index < -0.39 is 17.9 Å². The Labute approximate surface area is 189 Å². The van der Waals surface area contributed by atoms with Gasteiger partial charge in [0.1, 0.15) is 6.79 Å². The third kappa shape index (κ3) is 33.4. The van der Waals surface area contributed by atoms with Crippen LogP contribution >= 0.6 is 0 Å². The summed E-state index contributed by atoms with van der Waals surface area (Å²) in [6.07, 6.45) is 0. The first-order chi connectivity index (χ1) is 13.5. The fraction of sp³-hybridized carbons (Fsp3) is 0.500. The summed E-state index contributed by atoms with van der Waals surface area (Å²) in [4.78, 5) is 26.7. The maximum Gasteiger partial charge on any atom is 0.174 e. The Hall–Kier alpha value is -2.23. The van der Waals surface area contributed by atoms with Gasteiger partial charge in [-0.25, -0.2) is 0 Å². The molecule has 30 heavy (non-hydrogen) atoms. The monoisotopic (exact) mass is 524 g/mol. The molecular weight excluding hydrogens is 499 g/mol. The molecule has 1 aromatic carbocycles. The van der Waals surface area contributed by atoms with Crippen molar-refractivity contribution in [3.8, 4) is 11.5 Å². The molecule has 0 fully saturated rings. The Morgan fingerprint density at radius 1 is 0.867 bits per heavy atom. The molecule has 0 aliphatic rings. The number of carboxylic acid groups (broad SMARTS) is 3. The minimum absolute atomic E-state index is 0. The predicted molar refractivity (Wildman–Crippen MR) is 93.0 cm³/mol. The van der Waals surface area contributed by atoms with Crippen LogP contribution in [0.4, 0.5) is 0 Å². The minimum Gasteiger partial charge on any atom is -0.550 e. The van der Waals surface area contributed by atoms with Crippen molar-refractivity contribution in [2.45, 2.75) is 27.4 Å². The van der Waals surface area contributed by atoms with Gasteiger partial charge in [-0.15, -0.1) is 17.7 Å². The number of benzene rings is 1. The fourth-order valence-electron chi connectivity index (χ4n) is 1.21. The van der Waals surface area contributed by atoms with Crippen LogP contribution in [-0.2, 0) is 55.6 Å². The first kappa shape index (κ1) is 35.2. The molecule has 1 aromatic rings. The summed E-state index contributed by atoms with van der Waals surface area (Å²) < 4.78 is 25.3. The Kier molecular flexibility index (Phi) is 29.1. The van der Waals surface area contributed by atoms with Crippen LogP contribution in [0.5, 0.6) is 11.5 Å². The largest absolute Gasteiger partial charge is 0.550 e. The third-order valence-corrected chi connectivity index (χ3v) is 1.95. The number of hydrogen-bond donors (Lipinski definition) is 0. The summed E-state index contributed by atoms with van der Waals surface area (Å²) in [6, 6.07) is 6.54. The Bertz CT molecular complexity index is 539. The Morgan fingerprint density at radius 2 is 1.30 bits per heavy atom. The number of methoxy groups -OCH3 is 3. The molecule has 0 saturated carbocycles. The first-order valence-corrected chi connectivity index (χ1v) is 7.81. The zero-order chi connectivity index (χ0) is 23.2. The van der Waals surface area contributed by atoms with Gasteiger partial charge in [-0.05, 0) is 20.8 Å². The number of ether oxygens (including phenoxy) is 5.